The minimum Gasteiger partial charge on any atom is -0.480 e. The molecule has 1 atom stereocenters. The van der Waals surface area contributed by atoms with Gasteiger partial charge in [0.15, 0.2) is 0 Å². The summed E-state index contributed by atoms with van der Waals surface area (Å²) in [5, 5.41) is 12.4. The van der Waals surface area contributed by atoms with E-state index < -0.39 is 17.5 Å². The van der Waals surface area contributed by atoms with Crippen molar-refractivity contribution in [1.82, 2.24) is 10.2 Å². The lowest BCUT2D eigenvalue weighted by Gasteiger charge is -2.35. The molecule has 2 amide bonds. The van der Waals surface area contributed by atoms with E-state index in [-0.39, 0.29) is 12.6 Å². The molecule has 2 N–H and O–H groups in total. The SMILES string of the molecule is CC(NC(=O)N(CC(=O)O)C(C)(C)C)c1ccc(Cl)cc1. The third-order valence-electron chi connectivity index (χ3n) is 3.06. The van der Waals surface area contributed by atoms with Crippen molar-refractivity contribution >= 4 is 23.6 Å². The molecular formula is C15H21ClN2O3. The lowest BCUT2D eigenvalue weighted by Crippen LogP contribution is -2.52. The molecule has 0 aliphatic carbocycles. The topological polar surface area (TPSA) is 69.6 Å². The highest BCUT2D eigenvalue weighted by Gasteiger charge is 2.29. The maximum Gasteiger partial charge on any atom is 0.323 e. The fourth-order valence-electron chi connectivity index (χ4n) is 1.85. The van der Waals surface area contributed by atoms with Crippen molar-refractivity contribution in [3.8, 4) is 0 Å². The van der Waals surface area contributed by atoms with Crippen LogP contribution in [0.25, 0.3) is 0 Å². The Hall–Kier alpha value is -1.75. The zero-order valence-electron chi connectivity index (χ0n) is 12.7. The van der Waals surface area contributed by atoms with Crippen molar-refractivity contribution in [2.24, 2.45) is 0 Å². The van der Waals surface area contributed by atoms with Crippen LogP contribution in [0.15, 0.2) is 24.3 Å². The lowest BCUT2D eigenvalue weighted by atomic mass is 10.1. The monoisotopic (exact) mass is 312 g/mol. The number of amides is 2. The van der Waals surface area contributed by atoms with Crippen LogP contribution in [0, 0.1) is 0 Å². The summed E-state index contributed by atoms with van der Waals surface area (Å²) in [6.07, 6.45) is 0. The van der Waals surface area contributed by atoms with E-state index >= 15 is 0 Å². The van der Waals surface area contributed by atoms with Gasteiger partial charge in [0.05, 0.1) is 6.04 Å². The Bertz CT molecular complexity index is 509. The summed E-state index contributed by atoms with van der Waals surface area (Å²) in [6, 6.07) is 6.50. The molecule has 0 aliphatic rings. The first kappa shape index (κ1) is 17.3. The molecule has 0 spiro atoms. The predicted octanol–water partition coefficient (Wildman–Crippen LogP) is 3.30. The normalized spacial score (nSPS) is 12.6. The van der Waals surface area contributed by atoms with Crippen molar-refractivity contribution in [3.05, 3.63) is 34.9 Å². The molecule has 0 bridgehead atoms. The molecule has 5 nitrogen and oxygen atoms in total. The Kier molecular flexibility index (Phi) is 5.61. The Morgan fingerprint density at radius 3 is 2.24 bits per heavy atom. The number of carboxylic acids is 1. The van der Waals surface area contributed by atoms with Gasteiger partial charge in [-0.1, -0.05) is 23.7 Å². The van der Waals surface area contributed by atoms with E-state index in [2.05, 4.69) is 5.32 Å². The molecule has 21 heavy (non-hydrogen) atoms. The van der Waals surface area contributed by atoms with E-state index in [0.717, 1.165) is 5.56 Å². The quantitative estimate of drug-likeness (QED) is 0.896. The molecular weight excluding hydrogens is 292 g/mol. The highest BCUT2D eigenvalue weighted by atomic mass is 35.5. The van der Waals surface area contributed by atoms with Crippen molar-refractivity contribution < 1.29 is 14.7 Å². The standard InChI is InChI=1S/C15H21ClN2O3/c1-10(11-5-7-12(16)8-6-11)17-14(21)18(9-13(19)20)15(2,3)4/h5-8,10H,9H2,1-4H3,(H,17,21)(H,19,20). The van der Waals surface area contributed by atoms with Gasteiger partial charge < -0.3 is 15.3 Å². The molecule has 116 valence electrons. The average molecular weight is 313 g/mol. The molecule has 0 saturated carbocycles. The van der Waals surface area contributed by atoms with Crippen LogP contribution < -0.4 is 5.32 Å². The molecule has 1 aromatic rings. The minimum absolute atomic E-state index is 0.242. The number of aliphatic carboxylic acids is 1. The number of carbonyl (C=O) groups is 2. The number of hydrogen-bond donors (Lipinski definition) is 2. The maximum atomic E-state index is 12.3. The van der Waals surface area contributed by atoms with Gasteiger partial charge in [-0.05, 0) is 45.4 Å². The van der Waals surface area contributed by atoms with Gasteiger partial charge in [-0.3, -0.25) is 4.79 Å². The smallest absolute Gasteiger partial charge is 0.323 e. The van der Waals surface area contributed by atoms with Gasteiger partial charge in [0.2, 0.25) is 0 Å². The van der Waals surface area contributed by atoms with Crippen LogP contribution in [0.5, 0.6) is 0 Å². The van der Waals surface area contributed by atoms with E-state index in [1.807, 2.05) is 19.1 Å². The highest BCUT2D eigenvalue weighted by molar-refractivity contribution is 6.30. The molecule has 0 aliphatic heterocycles. The van der Waals surface area contributed by atoms with E-state index in [1.165, 1.54) is 4.90 Å². The number of carbonyl (C=O) groups excluding carboxylic acids is 1. The Labute approximate surface area is 129 Å². The van der Waals surface area contributed by atoms with Crippen molar-refractivity contribution in [1.29, 1.82) is 0 Å². The Morgan fingerprint density at radius 1 is 1.29 bits per heavy atom. The van der Waals surface area contributed by atoms with Gasteiger partial charge in [0.1, 0.15) is 6.54 Å². The minimum atomic E-state index is -1.04. The van der Waals surface area contributed by atoms with Crippen LogP contribution in [-0.2, 0) is 4.79 Å². The molecule has 0 heterocycles. The number of nitrogens with zero attached hydrogens (tertiary/aromatic N) is 1. The average Bonchev–Trinajstić information content (AvgIpc) is 2.35. The van der Waals surface area contributed by atoms with Crippen molar-refractivity contribution in [2.45, 2.75) is 39.3 Å². The van der Waals surface area contributed by atoms with Gasteiger partial charge >= 0.3 is 12.0 Å². The van der Waals surface area contributed by atoms with E-state index in [9.17, 15) is 9.59 Å². The third kappa shape index (κ3) is 5.27. The van der Waals surface area contributed by atoms with Gasteiger partial charge in [-0.25, -0.2) is 4.79 Å². The fourth-order valence-corrected chi connectivity index (χ4v) is 1.97. The number of nitrogens with one attached hydrogen (secondary N) is 1. The number of benzene rings is 1. The molecule has 0 aromatic heterocycles. The van der Waals surface area contributed by atoms with Gasteiger partial charge in [-0.2, -0.15) is 0 Å². The number of hydrogen-bond acceptors (Lipinski definition) is 2. The summed E-state index contributed by atoms with van der Waals surface area (Å²) in [5.41, 5.74) is 0.319. The second-order valence-corrected chi connectivity index (χ2v) is 6.31. The van der Waals surface area contributed by atoms with E-state index in [0.29, 0.717) is 5.02 Å². The number of halogens is 1. The Morgan fingerprint density at radius 2 is 1.81 bits per heavy atom. The first-order valence-corrected chi connectivity index (χ1v) is 7.04. The predicted molar refractivity (Wildman–Crippen MR) is 82.5 cm³/mol. The molecule has 1 rings (SSSR count). The first-order valence-electron chi connectivity index (χ1n) is 6.66. The van der Waals surface area contributed by atoms with E-state index in [1.54, 1.807) is 32.9 Å². The summed E-state index contributed by atoms with van der Waals surface area (Å²) in [6.45, 7) is 6.87. The molecule has 1 unspecified atom stereocenters. The van der Waals surface area contributed by atoms with Crippen LogP contribution in [0.3, 0.4) is 0 Å². The van der Waals surface area contributed by atoms with Crippen LogP contribution in [0.4, 0.5) is 4.79 Å². The van der Waals surface area contributed by atoms with E-state index in [4.69, 9.17) is 16.7 Å². The van der Waals surface area contributed by atoms with Gasteiger partial charge in [0.25, 0.3) is 0 Å². The van der Waals surface area contributed by atoms with Gasteiger partial charge in [0, 0.05) is 10.6 Å². The third-order valence-corrected chi connectivity index (χ3v) is 3.31. The molecule has 0 saturated heterocycles. The summed E-state index contributed by atoms with van der Waals surface area (Å²) in [5.74, 6) is -1.04. The first-order chi connectivity index (χ1) is 9.61. The molecule has 1 aromatic carbocycles. The highest BCUT2D eigenvalue weighted by Crippen LogP contribution is 2.18. The maximum absolute atomic E-state index is 12.3. The summed E-state index contributed by atoms with van der Waals surface area (Å²) in [7, 11) is 0. The van der Waals surface area contributed by atoms with Crippen LogP contribution in [-0.4, -0.2) is 34.1 Å². The van der Waals surface area contributed by atoms with Crippen molar-refractivity contribution in [3.63, 3.8) is 0 Å². The molecule has 0 fully saturated rings. The zero-order chi connectivity index (χ0) is 16.2. The number of urea groups is 1. The lowest BCUT2D eigenvalue weighted by molar-refractivity contribution is -0.138. The largest absolute Gasteiger partial charge is 0.480 e. The van der Waals surface area contributed by atoms with Crippen LogP contribution in [0.2, 0.25) is 5.02 Å². The molecule has 0 radical (unpaired) electrons. The van der Waals surface area contributed by atoms with Crippen molar-refractivity contribution in [2.75, 3.05) is 6.54 Å². The van der Waals surface area contributed by atoms with Crippen LogP contribution in [0.1, 0.15) is 39.3 Å². The van der Waals surface area contributed by atoms with Gasteiger partial charge in [-0.15, -0.1) is 0 Å². The molecule has 6 heteroatoms. The second kappa shape index (κ2) is 6.80. The summed E-state index contributed by atoms with van der Waals surface area (Å²) in [4.78, 5) is 24.5. The summed E-state index contributed by atoms with van der Waals surface area (Å²) >= 11 is 5.83. The number of rotatable bonds is 4. The summed E-state index contributed by atoms with van der Waals surface area (Å²) < 4.78 is 0. The second-order valence-electron chi connectivity index (χ2n) is 5.87. The van der Waals surface area contributed by atoms with Crippen LogP contribution >= 0.6 is 11.6 Å². The number of carboxylic acid groups (broad SMARTS) is 1. The Balaban J connectivity index is 2.81. The fraction of sp³-hybridized carbons (Fsp3) is 0.467. The zero-order valence-corrected chi connectivity index (χ0v) is 13.4.